The van der Waals surface area contributed by atoms with E-state index in [0.717, 1.165) is 19.6 Å². The van der Waals surface area contributed by atoms with E-state index in [1.807, 2.05) is 20.8 Å². The molecule has 1 rings (SSSR count). The van der Waals surface area contributed by atoms with Gasteiger partial charge < -0.3 is 21.3 Å². The van der Waals surface area contributed by atoms with Crippen LogP contribution in [0, 0.1) is 5.92 Å². The number of rotatable bonds is 7. The number of nitrogens with two attached hydrogens (primary N) is 1. The summed E-state index contributed by atoms with van der Waals surface area (Å²) in [5.74, 6) is -0.379. The van der Waals surface area contributed by atoms with E-state index in [1.165, 1.54) is 12.8 Å². The molecule has 2 amide bonds. The van der Waals surface area contributed by atoms with Crippen LogP contribution in [0.4, 0.5) is 0 Å². The summed E-state index contributed by atoms with van der Waals surface area (Å²) in [7, 11) is 0. The number of nitrogens with one attached hydrogen (secondary N) is 2. The van der Waals surface area contributed by atoms with Gasteiger partial charge in [0.2, 0.25) is 11.8 Å². The fourth-order valence-electron chi connectivity index (χ4n) is 2.31. The first-order valence-electron chi connectivity index (χ1n) is 7.45. The number of nitrogens with zero attached hydrogens (tertiary/aromatic N) is 1. The Morgan fingerprint density at radius 3 is 2.35 bits per heavy atom. The van der Waals surface area contributed by atoms with Crippen molar-refractivity contribution in [3.8, 4) is 0 Å². The van der Waals surface area contributed by atoms with Gasteiger partial charge >= 0.3 is 0 Å². The molecule has 0 saturated carbocycles. The Bertz CT molecular complexity index is 327. The van der Waals surface area contributed by atoms with Crippen molar-refractivity contribution in [2.45, 2.75) is 45.7 Å². The lowest BCUT2D eigenvalue weighted by atomic mass is 10.1. The monoisotopic (exact) mass is 284 g/mol. The minimum atomic E-state index is -0.565. The molecule has 0 aromatic rings. The summed E-state index contributed by atoms with van der Waals surface area (Å²) in [5, 5.41) is 5.47. The van der Waals surface area contributed by atoms with E-state index in [-0.39, 0.29) is 30.3 Å². The van der Waals surface area contributed by atoms with Crippen molar-refractivity contribution in [2.75, 3.05) is 26.2 Å². The van der Waals surface area contributed by atoms with Gasteiger partial charge in [-0.05, 0) is 38.8 Å². The zero-order valence-electron chi connectivity index (χ0n) is 12.8. The van der Waals surface area contributed by atoms with Crippen molar-refractivity contribution < 1.29 is 9.59 Å². The topological polar surface area (TPSA) is 87.5 Å². The third-order valence-corrected chi connectivity index (χ3v) is 3.58. The Morgan fingerprint density at radius 2 is 1.80 bits per heavy atom. The predicted octanol–water partition coefficient (Wildman–Crippen LogP) is -0.314. The van der Waals surface area contributed by atoms with Crippen LogP contribution in [0.5, 0.6) is 0 Å². The number of hydrogen-bond donors (Lipinski definition) is 3. The Balaban J connectivity index is 2.20. The predicted molar refractivity (Wildman–Crippen MR) is 79.1 cm³/mol. The van der Waals surface area contributed by atoms with Crippen LogP contribution in [0.15, 0.2) is 0 Å². The normalized spacial score (nSPS) is 18.9. The van der Waals surface area contributed by atoms with Gasteiger partial charge in [-0.1, -0.05) is 13.8 Å². The number of hydrogen-bond acceptors (Lipinski definition) is 4. The van der Waals surface area contributed by atoms with Crippen LogP contribution in [0.25, 0.3) is 0 Å². The van der Waals surface area contributed by atoms with Crippen molar-refractivity contribution >= 4 is 11.8 Å². The fraction of sp³-hybridized carbons (Fsp3) is 0.857. The molecule has 1 aliphatic heterocycles. The molecule has 0 aliphatic carbocycles. The molecule has 0 spiro atoms. The molecule has 0 aromatic carbocycles. The second kappa shape index (κ2) is 8.21. The largest absolute Gasteiger partial charge is 0.351 e. The van der Waals surface area contributed by atoms with E-state index in [2.05, 4.69) is 15.5 Å². The average molecular weight is 284 g/mol. The summed E-state index contributed by atoms with van der Waals surface area (Å²) < 4.78 is 0. The Labute approximate surface area is 121 Å². The summed E-state index contributed by atoms with van der Waals surface area (Å²) in [6, 6.07) is -0.471. The Kier molecular flexibility index (Phi) is 6.95. The maximum absolute atomic E-state index is 11.7. The summed E-state index contributed by atoms with van der Waals surface area (Å²) in [5.41, 5.74) is 5.71. The summed E-state index contributed by atoms with van der Waals surface area (Å²) in [6.07, 6.45) is 2.48. The average Bonchev–Trinajstić information content (AvgIpc) is 2.87. The first-order valence-corrected chi connectivity index (χ1v) is 7.45. The van der Waals surface area contributed by atoms with Gasteiger partial charge in [-0.2, -0.15) is 0 Å². The molecule has 1 saturated heterocycles. The third-order valence-electron chi connectivity index (χ3n) is 3.58. The molecule has 1 aliphatic rings. The lowest BCUT2D eigenvalue weighted by molar-refractivity contribution is -0.127. The van der Waals surface area contributed by atoms with Crippen molar-refractivity contribution in [1.29, 1.82) is 0 Å². The fourth-order valence-corrected chi connectivity index (χ4v) is 2.31. The van der Waals surface area contributed by atoms with Crippen molar-refractivity contribution in [2.24, 2.45) is 11.7 Å². The van der Waals surface area contributed by atoms with Gasteiger partial charge in [0.05, 0.1) is 12.6 Å². The van der Waals surface area contributed by atoms with E-state index in [4.69, 9.17) is 5.73 Å². The molecule has 20 heavy (non-hydrogen) atoms. The maximum Gasteiger partial charge on any atom is 0.239 e. The number of likely N-dealkylation sites (tertiary alicyclic amines) is 1. The highest BCUT2D eigenvalue weighted by atomic mass is 16.2. The van der Waals surface area contributed by atoms with E-state index in [1.54, 1.807) is 0 Å². The Hall–Kier alpha value is -1.14. The second-order valence-corrected chi connectivity index (χ2v) is 5.96. The molecule has 6 heteroatoms. The zero-order valence-corrected chi connectivity index (χ0v) is 12.8. The molecule has 116 valence electrons. The smallest absolute Gasteiger partial charge is 0.239 e. The van der Waals surface area contributed by atoms with Gasteiger partial charge in [-0.15, -0.1) is 0 Å². The standard InChI is InChI=1S/C14H28N4O2/c1-10(2)13(15)14(20)16-8-12(19)17-11(3)9-18-6-4-5-7-18/h10-11,13H,4-9,15H2,1-3H3,(H,16,20)(H,17,19)/t11?,13-/m0/s1. The highest BCUT2D eigenvalue weighted by Crippen LogP contribution is 2.07. The molecule has 0 aromatic heterocycles. The van der Waals surface area contributed by atoms with Crippen LogP contribution < -0.4 is 16.4 Å². The van der Waals surface area contributed by atoms with Gasteiger partial charge in [-0.25, -0.2) is 0 Å². The van der Waals surface area contributed by atoms with Crippen LogP contribution in [0.1, 0.15) is 33.6 Å². The van der Waals surface area contributed by atoms with Gasteiger partial charge in [0.25, 0.3) is 0 Å². The van der Waals surface area contributed by atoms with Gasteiger partial charge in [0.15, 0.2) is 0 Å². The number of carbonyl (C=O) groups excluding carboxylic acids is 2. The van der Waals surface area contributed by atoms with Crippen LogP contribution in [0.2, 0.25) is 0 Å². The van der Waals surface area contributed by atoms with Crippen molar-refractivity contribution in [3.05, 3.63) is 0 Å². The Morgan fingerprint density at radius 1 is 1.20 bits per heavy atom. The second-order valence-electron chi connectivity index (χ2n) is 5.96. The molecule has 1 heterocycles. The highest BCUT2D eigenvalue weighted by Gasteiger charge is 2.19. The summed E-state index contributed by atoms with van der Waals surface area (Å²) in [4.78, 5) is 25.7. The number of carbonyl (C=O) groups is 2. The minimum Gasteiger partial charge on any atom is -0.351 e. The summed E-state index contributed by atoms with van der Waals surface area (Å²) in [6.45, 7) is 8.82. The highest BCUT2D eigenvalue weighted by molar-refractivity contribution is 5.87. The molecular weight excluding hydrogens is 256 g/mol. The number of amides is 2. The lowest BCUT2D eigenvalue weighted by Gasteiger charge is -2.21. The van der Waals surface area contributed by atoms with Crippen LogP contribution in [-0.2, 0) is 9.59 Å². The van der Waals surface area contributed by atoms with Gasteiger partial charge in [-0.3, -0.25) is 9.59 Å². The maximum atomic E-state index is 11.7. The van der Waals surface area contributed by atoms with Gasteiger partial charge in [0.1, 0.15) is 0 Å². The molecular formula is C14H28N4O2. The quantitative estimate of drug-likeness (QED) is 0.598. The molecule has 1 unspecified atom stereocenters. The molecule has 1 fully saturated rings. The van der Waals surface area contributed by atoms with Gasteiger partial charge in [0, 0.05) is 12.6 Å². The molecule has 4 N–H and O–H groups in total. The van der Waals surface area contributed by atoms with E-state index in [9.17, 15) is 9.59 Å². The lowest BCUT2D eigenvalue weighted by Crippen LogP contribution is -2.49. The van der Waals surface area contributed by atoms with Crippen LogP contribution >= 0.6 is 0 Å². The van der Waals surface area contributed by atoms with Crippen LogP contribution in [0.3, 0.4) is 0 Å². The zero-order chi connectivity index (χ0) is 15.1. The molecule has 2 atom stereocenters. The summed E-state index contributed by atoms with van der Waals surface area (Å²) >= 11 is 0. The van der Waals surface area contributed by atoms with E-state index in [0.29, 0.717) is 0 Å². The van der Waals surface area contributed by atoms with Crippen molar-refractivity contribution in [1.82, 2.24) is 15.5 Å². The minimum absolute atomic E-state index is 0.0103. The first kappa shape index (κ1) is 16.9. The molecule has 6 nitrogen and oxygen atoms in total. The van der Waals surface area contributed by atoms with Crippen molar-refractivity contribution in [3.63, 3.8) is 0 Å². The molecule has 0 bridgehead atoms. The van der Waals surface area contributed by atoms with Crippen LogP contribution in [-0.4, -0.2) is 55.0 Å². The SMILES string of the molecule is CC(CN1CCCC1)NC(=O)CNC(=O)[C@@H](N)C(C)C. The molecule has 0 radical (unpaired) electrons. The van der Waals surface area contributed by atoms with E-state index < -0.39 is 6.04 Å². The third kappa shape index (κ3) is 5.88. The van der Waals surface area contributed by atoms with E-state index >= 15 is 0 Å². The first-order chi connectivity index (χ1) is 9.40.